The first-order valence-corrected chi connectivity index (χ1v) is 7.67. The highest BCUT2D eigenvalue weighted by atomic mass is 16.5. The molecule has 1 saturated carbocycles. The molecule has 3 atom stereocenters. The molecule has 0 heterocycles. The quantitative estimate of drug-likeness (QED) is 0.873. The maximum absolute atomic E-state index is 5.32. The van der Waals surface area contributed by atoms with Gasteiger partial charge in [-0.05, 0) is 55.0 Å². The molecule has 3 rings (SSSR count). The van der Waals surface area contributed by atoms with Crippen LogP contribution in [0.25, 0.3) is 0 Å². The third-order valence-electron chi connectivity index (χ3n) is 4.54. The van der Waals surface area contributed by atoms with Crippen molar-refractivity contribution in [3.8, 4) is 5.75 Å². The van der Waals surface area contributed by atoms with Gasteiger partial charge in [0.15, 0.2) is 0 Å². The second kappa shape index (κ2) is 6.31. The van der Waals surface area contributed by atoms with Crippen LogP contribution in [-0.2, 0) is 6.42 Å². The lowest BCUT2D eigenvalue weighted by atomic mass is 9.99. The Morgan fingerprint density at radius 1 is 1.14 bits per heavy atom. The van der Waals surface area contributed by atoms with Crippen molar-refractivity contribution in [3.05, 3.63) is 65.7 Å². The van der Waals surface area contributed by atoms with Gasteiger partial charge in [0.1, 0.15) is 5.75 Å². The lowest BCUT2D eigenvalue weighted by Gasteiger charge is -2.17. The number of likely N-dealkylation sites (N-methyl/N-ethyl adjacent to an activating group) is 1. The zero-order valence-electron chi connectivity index (χ0n) is 12.8. The lowest BCUT2D eigenvalue weighted by Crippen LogP contribution is -2.30. The molecule has 0 bridgehead atoms. The van der Waals surface area contributed by atoms with Crippen LogP contribution in [0.2, 0.25) is 0 Å². The van der Waals surface area contributed by atoms with Crippen molar-refractivity contribution in [2.75, 3.05) is 14.2 Å². The third-order valence-corrected chi connectivity index (χ3v) is 4.54. The minimum atomic E-state index is 0.530. The summed E-state index contributed by atoms with van der Waals surface area (Å²) in [6.45, 7) is 0. The maximum atomic E-state index is 5.32. The minimum Gasteiger partial charge on any atom is -0.497 e. The minimum absolute atomic E-state index is 0.530. The van der Waals surface area contributed by atoms with Crippen LogP contribution < -0.4 is 10.1 Å². The predicted molar refractivity (Wildman–Crippen MR) is 86.8 cm³/mol. The van der Waals surface area contributed by atoms with Gasteiger partial charge in [0.25, 0.3) is 0 Å². The predicted octanol–water partition coefficient (Wildman–Crippen LogP) is 3.63. The van der Waals surface area contributed by atoms with E-state index < -0.39 is 0 Å². The first-order valence-electron chi connectivity index (χ1n) is 7.67. The molecule has 0 radical (unpaired) electrons. The Bertz CT molecular complexity index is 581. The molecule has 2 nitrogen and oxygen atoms in total. The summed E-state index contributed by atoms with van der Waals surface area (Å²) in [5.41, 5.74) is 2.82. The summed E-state index contributed by atoms with van der Waals surface area (Å²) < 4.78 is 5.32. The van der Waals surface area contributed by atoms with Crippen LogP contribution >= 0.6 is 0 Å². The van der Waals surface area contributed by atoms with Crippen molar-refractivity contribution < 1.29 is 4.74 Å². The van der Waals surface area contributed by atoms with Crippen LogP contribution in [0.1, 0.15) is 23.5 Å². The van der Waals surface area contributed by atoms with Gasteiger partial charge >= 0.3 is 0 Å². The average molecular weight is 281 g/mol. The lowest BCUT2D eigenvalue weighted by molar-refractivity contribution is 0.413. The number of methoxy groups -OCH3 is 1. The number of nitrogens with one attached hydrogen (secondary N) is 1. The van der Waals surface area contributed by atoms with Gasteiger partial charge in [-0.2, -0.15) is 0 Å². The van der Waals surface area contributed by atoms with E-state index in [1.54, 1.807) is 7.11 Å². The van der Waals surface area contributed by atoms with E-state index in [0.29, 0.717) is 12.0 Å². The second-order valence-corrected chi connectivity index (χ2v) is 5.87. The zero-order valence-corrected chi connectivity index (χ0v) is 12.8. The molecule has 3 unspecified atom stereocenters. The second-order valence-electron chi connectivity index (χ2n) is 5.87. The maximum Gasteiger partial charge on any atom is 0.119 e. The van der Waals surface area contributed by atoms with Crippen molar-refractivity contribution in [1.82, 2.24) is 5.32 Å². The Hall–Kier alpha value is -1.80. The summed E-state index contributed by atoms with van der Waals surface area (Å²) in [5, 5.41) is 3.51. The molecule has 2 aromatic carbocycles. The van der Waals surface area contributed by atoms with Gasteiger partial charge < -0.3 is 10.1 Å². The highest BCUT2D eigenvalue weighted by Crippen LogP contribution is 2.50. The molecule has 1 aliphatic carbocycles. The standard InChI is InChI=1S/C19H23NO/c1-20-19(12-14-7-6-10-16(11-14)21-2)18-13-17(18)15-8-4-3-5-9-15/h3-11,17-20H,12-13H2,1-2H3. The molecule has 2 aromatic rings. The summed E-state index contributed by atoms with van der Waals surface area (Å²) in [6, 6.07) is 19.8. The number of benzene rings is 2. The van der Waals surface area contributed by atoms with E-state index in [9.17, 15) is 0 Å². The van der Waals surface area contributed by atoms with Crippen molar-refractivity contribution >= 4 is 0 Å². The third kappa shape index (κ3) is 3.27. The number of ether oxygens (including phenoxy) is 1. The summed E-state index contributed by atoms with van der Waals surface area (Å²) in [7, 11) is 3.80. The molecular weight excluding hydrogens is 258 g/mol. The summed E-state index contributed by atoms with van der Waals surface area (Å²) in [6.07, 6.45) is 2.35. The molecule has 0 saturated heterocycles. The van der Waals surface area contributed by atoms with Gasteiger partial charge in [-0.25, -0.2) is 0 Å². The molecule has 2 heteroatoms. The molecule has 0 aliphatic heterocycles. The smallest absolute Gasteiger partial charge is 0.119 e. The molecule has 110 valence electrons. The summed E-state index contributed by atoms with van der Waals surface area (Å²) >= 11 is 0. The first-order chi connectivity index (χ1) is 10.3. The molecule has 0 amide bonds. The Morgan fingerprint density at radius 3 is 2.67 bits per heavy atom. The van der Waals surface area contributed by atoms with E-state index in [0.717, 1.165) is 18.1 Å². The summed E-state index contributed by atoms with van der Waals surface area (Å²) in [4.78, 5) is 0. The van der Waals surface area contributed by atoms with Crippen LogP contribution in [0.3, 0.4) is 0 Å². The average Bonchev–Trinajstić information content (AvgIpc) is 3.34. The molecule has 1 fully saturated rings. The van der Waals surface area contributed by atoms with Gasteiger partial charge in [0.05, 0.1) is 7.11 Å². The molecule has 1 aliphatic rings. The Morgan fingerprint density at radius 2 is 1.95 bits per heavy atom. The monoisotopic (exact) mass is 281 g/mol. The van der Waals surface area contributed by atoms with E-state index >= 15 is 0 Å². The van der Waals surface area contributed by atoms with Gasteiger partial charge in [0, 0.05) is 6.04 Å². The van der Waals surface area contributed by atoms with E-state index in [4.69, 9.17) is 4.74 Å². The Labute approximate surface area is 127 Å². The van der Waals surface area contributed by atoms with Crippen molar-refractivity contribution in [3.63, 3.8) is 0 Å². The summed E-state index contributed by atoms with van der Waals surface area (Å²) in [5.74, 6) is 2.40. The zero-order chi connectivity index (χ0) is 14.7. The van der Waals surface area contributed by atoms with Crippen molar-refractivity contribution in [1.29, 1.82) is 0 Å². The van der Waals surface area contributed by atoms with E-state index in [1.807, 2.05) is 6.07 Å². The number of hydrogen-bond acceptors (Lipinski definition) is 2. The molecule has 21 heavy (non-hydrogen) atoms. The van der Waals surface area contributed by atoms with Crippen LogP contribution in [0.15, 0.2) is 54.6 Å². The van der Waals surface area contributed by atoms with Gasteiger partial charge in [-0.15, -0.1) is 0 Å². The fourth-order valence-corrected chi connectivity index (χ4v) is 3.26. The van der Waals surface area contributed by atoms with Gasteiger partial charge in [0.2, 0.25) is 0 Å². The van der Waals surface area contributed by atoms with Crippen LogP contribution in [0.4, 0.5) is 0 Å². The largest absolute Gasteiger partial charge is 0.497 e. The van der Waals surface area contributed by atoms with E-state index in [2.05, 4.69) is 60.9 Å². The Kier molecular flexibility index (Phi) is 4.26. The Balaban J connectivity index is 1.66. The molecule has 1 N–H and O–H groups in total. The molecule has 0 spiro atoms. The number of hydrogen-bond donors (Lipinski definition) is 1. The SMILES string of the molecule is CNC(Cc1cccc(OC)c1)C1CC1c1ccccc1. The number of rotatable bonds is 6. The van der Waals surface area contributed by atoms with Crippen molar-refractivity contribution in [2.24, 2.45) is 5.92 Å². The van der Waals surface area contributed by atoms with E-state index in [1.165, 1.54) is 17.5 Å². The van der Waals surface area contributed by atoms with Crippen LogP contribution in [0, 0.1) is 5.92 Å². The van der Waals surface area contributed by atoms with E-state index in [-0.39, 0.29) is 0 Å². The fraction of sp³-hybridized carbons (Fsp3) is 0.368. The normalized spacial score (nSPS) is 21.8. The highest BCUT2D eigenvalue weighted by Gasteiger charge is 2.42. The fourth-order valence-electron chi connectivity index (χ4n) is 3.26. The van der Waals surface area contributed by atoms with Gasteiger partial charge in [-0.3, -0.25) is 0 Å². The topological polar surface area (TPSA) is 21.3 Å². The first kappa shape index (κ1) is 14.2. The molecule has 0 aromatic heterocycles. The highest BCUT2D eigenvalue weighted by molar-refractivity contribution is 5.31. The van der Waals surface area contributed by atoms with Crippen LogP contribution in [-0.4, -0.2) is 20.2 Å². The molecular formula is C19H23NO. The van der Waals surface area contributed by atoms with Crippen LogP contribution in [0.5, 0.6) is 5.75 Å². The van der Waals surface area contributed by atoms with Crippen molar-refractivity contribution in [2.45, 2.75) is 24.8 Å². The van der Waals surface area contributed by atoms with Gasteiger partial charge in [-0.1, -0.05) is 42.5 Å².